The van der Waals surface area contributed by atoms with Gasteiger partial charge in [0.2, 0.25) is 5.95 Å². The number of anilines is 3. The number of piperazine rings is 1. The van der Waals surface area contributed by atoms with Gasteiger partial charge in [-0.3, -0.25) is 0 Å². The van der Waals surface area contributed by atoms with Gasteiger partial charge in [0.15, 0.2) is 5.65 Å². The molecule has 0 radical (unpaired) electrons. The van der Waals surface area contributed by atoms with Gasteiger partial charge < -0.3 is 15.5 Å². The zero-order valence-corrected chi connectivity index (χ0v) is 18.8. The number of rotatable bonds is 4. The van der Waals surface area contributed by atoms with Crippen molar-refractivity contribution in [2.24, 2.45) is 0 Å². The number of fused-ring (bicyclic) bond motifs is 1. The summed E-state index contributed by atoms with van der Waals surface area (Å²) >= 11 is 0. The van der Waals surface area contributed by atoms with Crippen LogP contribution in [0.2, 0.25) is 0 Å². The molecule has 0 amide bonds. The zero-order valence-electron chi connectivity index (χ0n) is 18.8. The van der Waals surface area contributed by atoms with Crippen molar-refractivity contribution >= 4 is 39.1 Å². The first-order valence-corrected chi connectivity index (χ1v) is 11.9. The van der Waals surface area contributed by atoms with Crippen LogP contribution in [0.5, 0.6) is 0 Å². The molecule has 3 aromatic carbocycles. The van der Waals surface area contributed by atoms with Gasteiger partial charge in [-0.2, -0.15) is 10.1 Å². The van der Waals surface area contributed by atoms with E-state index in [1.165, 1.54) is 27.6 Å². The summed E-state index contributed by atoms with van der Waals surface area (Å²) < 4.78 is 2.06. The zero-order chi connectivity index (χ0) is 22.5. The Labute approximate surface area is 197 Å². The van der Waals surface area contributed by atoms with Gasteiger partial charge in [0.1, 0.15) is 0 Å². The topological polar surface area (TPSA) is 70.9 Å². The average Bonchev–Trinajstić information content (AvgIpc) is 3.48. The Bertz CT molecular complexity index is 1490. The Morgan fingerprint density at radius 1 is 0.882 bits per heavy atom. The summed E-state index contributed by atoms with van der Waals surface area (Å²) in [5, 5.41) is 15.1. The van der Waals surface area contributed by atoms with E-state index < -0.39 is 0 Å². The van der Waals surface area contributed by atoms with E-state index in [1.807, 2.05) is 12.4 Å². The number of nitrogens with one attached hydrogen (secondary N) is 2. The van der Waals surface area contributed by atoms with Crippen molar-refractivity contribution in [2.45, 2.75) is 12.5 Å². The number of nitrogens with zero attached hydrogens (tertiary/aromatic N) is 5. The molecular formula is C27H25N7. The van der Waals surface area contributed by atoms with Crippen LogP contribution in [0.1, 0.15) is 17.2 Å². The van der Waals surface area contributed by atoms with E-state index in [2.05, 4.69) is 85.9 Å². The second-order valence-electron chi connectivity index (χ2n) is 9.05. The van der Waals surface area contributed by atoms with Crippen LogP contribution in [0.25, 0.3) is 21.8 Å². The van der Waals surface area contributed by atoms with Crippen LogP contribution >= 0.6 is 0 Å². The summed E-state index contributed by atoms with van der Waals surface area (Å²) in [6.07, 6.45) is 4.64. The van der Waals surface area contributed by atoms with E-state index in [4.69, 9.17) is 10.1 Å². The quantitative estimate of drug-likeness (QED) is 0.429. The van der Waals surface area contributed by atoms with Gasteiger partial charge >= 0.3 is 0 Å². The maximum atomic E-state index is 4.87. The lowest BCUT2D eigenvalue weighted by Gasteiger charge is -2.29. The smallest absolute Gasteiger partial charge is 0.229 e. The first-order valence-electron chi connectivity index (χ1n) is 11.9. The van der Waals surface area contributed by atoms with E-state index in [9.17, 15) is 0 Å². The molecule has 0 saturated carbocycles. The number of benzene rings is 3. The Morgan fingerprint density at radius 2 is 1.71 bits per heavy atom. The van der Waals surface area contributed by atoms with Crippen LogP contribution in [0.3, 0.4) is 0 Å². The Morgan fingerprint density at radius 3 is 2.56 bits per heavy atom. The van der Waals surface area contributed by atoms with E-state index in [0.717, 1.165) is 49.3 Å². The Hall–Kier alpha value is -3.97. The van der Waals surface area contributed by atoms with Crippen molar-refractivity contribution in [2.75, 3.05) is 36.4 Å². The molecule has 1 atom stereocenters. The third kappa shape index (κ3) is 3.20. The lowest BCUT2D eigenvalue weighted by Crippen LogP contribution is -2.43. The van der Waals surface area contributed by atoms with Crippen LogP contribution in [-0.2, 0) is 6.42 Å². The van der Waals surface area contributed by atoms with Gasteiger partial charge in [-0.1, -0.05) is 36.4 Å². The number of aromatic nitrogens is 4. The fraction of sp³-hybridized carbons (Fsp3) is 0.222. The molecule has 5 aromatic rings. The standard InChI is InChI=1S/C27H25N7/c1-3-18-4-2-6-23-24(15-19(5-1)25(18)23)34-26-20(17-30-34)16-29-27(32-26)31-21-7-9-22(10-8-21)33-13-11-28-12-14-33/h1-10,16-17,24,28H,11-15H2,(H,29,31,32)/t24-/m0/s1. The van der Waals surface area contributed by atoms with Gasteiger partial charge in [-0.05, 0) is 52.6 Å². The average molecular weight is 448 g/mol. The largest absolute Gasteiger partial charge is 0.369 e. The highest BCUT2D eigenvalue weighted by atomic mass is 15.3. The highest BCUT2D eigenvalue weighted by Crippen LogP contribution is 2.39. The van der Waals surface area contributed by atoms with E-state index in [1.54, 1.807) is 0 Å². The molecule has 2 aliphatic rings. The van der Waals surface area contributed by atoms with Crippen molar-refractivity contribution in [3.63, 3.8) is 0 Å². The van der Waals surface area contributed by atoms with Crippen molar-refractivity contribution in [1.82, 2.24) is 25.1 Å². The summed E-state index contributed by atoms with van der Waals surface area (Å²) in [6, 6.07) is 21.7. The van der Waals surface area contributed by atoms with Crippen LogP contribution < -0.4 is 15.5 Å². The number of hydrogen-bond donors (Lipinski definition) is 2. The molecule has 1 aliphatic heterocycles. The third-order valence-corrected chi connectivity index (χ3v) is 7.03. The second-order valence-corrected chi connectivity index (χ2v) is 9.05. The molecule has 7 heteroatoms. The molecule has 7 nitrogen and oxygen atoms in total. The number of hydrogen-bond acceptors (Lipinski definition) is 6. The molecular weight excluding hydrogens is 422 g/mol. The molecule has 1 saturated heterocycles. The minimum absolute atomic E-state index is 0.139. The van der Waals surface area contributed by atoms with Gasteiger partial charge in [0.25, 0.3) is 0 Å². The third-order valence-electron chi connectivity index (χ3n) is 7.03. The van der Waals surface area contributed by atoms with Crippen LogP contribution in [-0.4, -0.2) is 45.9 Å². The Kier molecular flexibility index (Phi) is 4.48. The molecule has 1 aliphatic carbocycles. The summed E-state index contributed by atoms with van der Waals surface area (Å²) in [5.41, 5.74) is 5.76. The minimum Gasteiger partial charge on any atom is -0.369 e. The van der Waals surface area contributed by atoms with E-state index in [0.29, 0.717) is 5.95 Å². The molecule has 0 bridgehead atoms. The molecule has 3 heterocycles. The van der Waals surface area contributed by atoms with Crippen molar-refractivity contribution in [3.05, 3.63) is 84.2 Å². The first-order chi connectivity index (χ1) is 16.8. The minimum atomic E-state index is 0.139. The fourth-order valence-corrected chi connectivity index (χ4v) is 5.37. The maximum absolute atomic E-state index is 4.87. The van der Waals surface area contributed by atoms with Crippen LogP contribution in [0.15, 0.2) is 73.1 Å². The normalized spacial score (nSPS) is 17.5. The molecule has 168 valence electrons. The highest BCUT2D eigenvalue weighted by molar-refractivity contribution is 5.91. The van der Waals surface area contributed by atoms with E-state index >= 15 is 0 Å². The lowest BCUT2D eigenvalue weighted by molar-refractivity contribution is 0.550. The van der Waals surface area contributed by atoms with E-state index in [-0.39, 0.29) is 6.04 Å². The van der Waals surface area contributed by atoms with Gasteiger partial charge in [-0.15, -0.1) is 0 Å². The summed E-state index contributed by atoms with van der Waals surface area (Å²) in [7, 11) is 0. The van der Waals surface area contributed by atoms with Crippen molar-refractivity contribution in [1.29, 1.82) is 0 Å². The van der Waals surface area contributed by atoms with Gasteiger partial charge in [0, 0.05) is 43.8 Å². The molecule has 34 heavy (non-hydrogen) atoms. The molecule has 0 spiro atoms. The molecule has 1 fully saturated rings. The maximum Gasteiger partial charge on any atom is 0.229 e. The highest BCUT2D eigenvalue weighted by Gasteiger charge is 2.27. The summed E-state index contributed by atoms with van der Waals surface area (Å²) in [6.45, 7) is 4.13. The fourth-order valence-electron chi connectivity index (χ4n) is 5.37. The predicted molar refractivity (Wildman–Crippen MR) is 136 cm³/mol. The molecule has 2 aromatic heterocycles. The molecule has 0 unspecified atom stereocenters. The van der Waals surface area contributed by atoms with Crippen LogP contribution in [0, 0.1) is 0 Å². The van der Waals surface area contributed by atoms with Gasteiger partial charge in [0.05, 0.1) is 17.6 Å². The van der Waals surface area contributed by atoms with Gasteiger partial charge in [-0.25, -0.2) is 9.67 Å². The van der Waals surface area contributed by atoms with Crippen molar-refractivity contribution in [3.8, 4) is 0 Å². The predicted octanol–water partition coefficient (Wildman–Crippen LogP) is 4.28. The summed E-state index contributed by atoms with van der Waals surface area (Å²) in [4.78, 5) is 11.8. The van der Waals surface area contributed by atoms with Crippen LogP contribution in [0.4, 0.5) is 17.3 Å². The monoisotopic (exact) mass is 447 g/mol. The summed E-state index contributed by atoms with van der Waals surface area (Å²) in [5.74, 6) is 0.581. The molecule has 7 rings (SSSR count). The van der Waals surface area contributed by atoms with Crippen molar-refractivity contribution < 1.29 is 0 Å². The first kappa shape index (κ1) is 19.5. The SMILES string of the molecule is c1cc2c3c(cccc3c1)[C@@H](n1ncc3cnc(Nc4ccc(N5CCNCC5)cc4)nc31)C2. The second kappa shape index (κ2) is 7.81. The molecule has 2 N–H and O–H groups in total. The lowest BCUT2D eigenvalue weighted by atomic mass is 10.0. The Balaban J connectivity index is 1.19.